The molecule has 2 aromatic carbocycles. The van der Waals surface area contributed by atoms with Gasteiger partial charge in [-0.1, -0.05) is 59.1 Å². The molecule has 5 nitrogen and oxygen atoms in total. The average molecular weight is 459 g/mol. The van der Waals surface area contributed by atoms with Crippen LogP contribution in [0.25, 0.3) is 0 Å². The summed E-state index contributed by atoms with van der Waals surface area (Å²) in [5.74, 6) is 0.292. The molecular weight excluding hydrogens is 432 g/mol. The van der Waals surface area contributed by atoms with Crippen LogP contribution in [0.5, 0.6) is 5.75 Å². The minimum Gasteiger partial charge on any atom is -0.484 e. The molecule has 2 aromatic rings. The fraction of sp³-hybridized carbons (Fsp3) is 0.391. The first kappa shape index (κ1) is 21.4. The van der Waals surface area contributed by atoms with E-state index >= 15 is 0 Å². The van der Waals surface area contributed by atoms with Crippen molar-refractivity contribution >= 4 is 27.7 Å². The smallest absolute Gasteiger partial charge is 0.261 e. The van der Waals surface area contributed by atoms with Crippen molar-refractivity contribution < 1.29 is 14.3 Å². The maximum Gasteiger partial charge on any atom is 0.261 e. The van der Waals surface area contributed by atoms with Crippen LogP contribution < -0.4 is 10.1 Å². The molecule has 1 aliphatic carbocycles. The van der Waals surface area contributed by atoms with Gasteiger partial charge in [0, 0.05) is 17.1 Å². The van der Waals surface area contributed by atoms with Crippen LogP contribution in [0, 0.1) is 0 Å². The highest BCUT2D eigenvalue weighted by molar-refractivity contribution is 9.10. The molecular formula is C23H27BrN2O3. The molecule has 2 amide bonds. The molecule has 0 saturated heterocycles. The normalized spacial score (nSPS) is 15.0. The van der Waals surface area contributed by atoms with Gasteiger partial charge in [-0.05, 0) is 49.6 Å². The van der Waals surface area contributed by atoms with E-state index in [-0.39, 0.29) is 24.5 Å². The number of carbonyl (C=O) groups is 2. The summed E-state index contributed by atoms with van der Waals surface area (Å²) >= 11 is 3.38. The van der Waals surface area contributed by atoms with Gasteiger partial charge < -0.3 is 15.0 Å². The Hall–Kier alpha value is -2.34. The van der Waals surface area contributed by atoms with Crippen molar-refractivity contribution in [1.82, 2.24) is 10.2 Å². The first-order valence-electron chi connectivity index (χ1n) is 10.0. The van der Waals surface area contributed by atoms with E-state index in [1.54, 1.807) is 24.0 Å². The summed E-state index contributed by atoms with van der Waals surface area (Å²) in [6.07, 6.45) is 4.32. The molecule has 1 atom stereocenters. The van der Waals surface area contributed by atoms with Crippen LogP contribution in [0.4, 0.5) is 0 Å². The van der Waals surface area contributed by atoms with Crippen molar-refractivity contribution in [1.29, 1.82) is 0 Å². The summed E-state index contributed by atoms with van der Waals surface area (Å²) in [6.45, 7) is 2.03. The molecule has 0 aliphatic heterocycles. The van der Waals surface area contributed by atoms with Crippen molar-refractivity contribution in [2.45, 2.75) is 51.2 Å². The molecule has 0 spiro atoms. The maximum atomic E-state index is 13.0. The van der Waals surface area contributed by atoms with Crippen LogP contribution >= 0.6 is 15.9 Å². The number of ether oxygens (including phenoxy) is 1. The first-order chi connectivity index (χ1) is 14.0. The number of halogens is 1. The molecule has 3 rings (SSSR count). The Morgan fingerprint density at radius 2 is 1.76 bits per heavy atom. The Morgan fingerprint density at radius 1 is 1.10 bits per heavy atom. The van der Waals surface area contributed by atoms with E-state index in [1.165, 1.54) is 0 Å². The van der Waals surface area contributed by atoms with Gasteiger partial charge in [-0.25, -0.2) is 0 Å². The molecule has 0 heterocycles. The molecule has 6 heteroatoms. The van der Waals surface area contributed by atoms with E-state index < -0.39 is 6.04 Å². The van der Waals surface area contributed by atoms with Crippen molar-refractivity contribution in [2.75, 3.05) is 6.61 Å². The second kappa shape index (κ2) is 10.4. The average Bonchev–Trinajstić information content (AvgIpc) is 3.24. The highest BCUT2D eigenvalue weighted by Crippen LogP contribution is 2.19. The lowest BCUT2D eigenvalue weighted by Crippen LogP contribution is -2.50. The molecule has 29 heavy (non-hydrogen) atoms. The molecule has 0 bridgehead atoms. The zero-order valence-corrected chi connectivity index (χ0v) is 18.2. The lowest BCUT2D eigenvalue weighted by Gasteiger charge is -2.29. The lowest BCUT2D eigenvalue weighted by molar-refractivity contribution is -0.142. The van der Waals surface area contributed by atoms with Gasteiger partial charge in [0.1, 0.15) is 11.8 Å². The van der Waals surface area contributed by atoms with Gasteiger partial charge in [0.2, 0.25) is 5.91 Å². The summed E-state index contributed by atoms with van der Waals surface area (Å²) in [7, 11) is 0. The van der Waals surface area contributed by atoms with E-state index in [1.807, 2.05) is 42.5 Å². The number of amides is 2. The Balaban J connectivity index is 1.67. The minimum atomic E-state index is -0.572. The Morgan fingerprint density at radius 3 is 2.41 bits per heavy atom. The molecule has 0 unspecified atom stereocenters. The van der Waals surface area contributed by atoms with Crippen LogP contribution in [0.2, 0.25) is 0 Å². The zero-order chi connectivity index (χ0) is 20.6. The van der Waals surface area contributed by atoms with Crippen LogP contribution in [0.3, 0.4) is 0 Å². The number of hydrogen-bond donors (Lipinski definition) is 1. The molecule has 154 valence electrons. The second-order valence-electron chi connectivity index (χ2n) is 7.42. The van der Waals surface area contributed by atoms with E-state index in [9.17, 15) is 9.59 Å². The number of nitrogens with zero attached hydrogens (tertiary/aromatic N) is 1. The van der Waals surface area contributed by atoms with Gasteiger partial charge in [-0.3, -0.25) is 9.59 Å². The monoisotopic (exact) mass is 458 g/mol. The number of nitrogens with one attached hydrogen (secondary N) is 1. The SMILES string of the molecule is C[C@H](C(=O)NC1CCCC1)N(Cc1ccccc1)C(=O)COc1ccc(Br)cc1. The van der Waals surface area contributed by atoms with Gasteiger partial charge in [0.25, 0.3) is 5.91 Å². The third-order valence-electron chi connectivity index (χ3n) is 5.24. The number of benzene rings is 2. The highest BCUT2D eigenvalue weighted by Gasteiger charge is 2.28. The van der Waals surface area contributed by atoms with Crippen LogP contribution in [0.15, 0.2) is 59.1 Å². The molecule has 1 saturated carbocycles. The Bertz CT molecular complexity index is 805. The van der Waals surface area contributed by atoms with E-state index in [2.05, 4.69) is 21.2 Å². The summed E-state index contributed by atoms with van der Waals surface area (Å²) < 4.78 is 6.60. The highest BCUT2D eigenvalue weighted by atomic mass is 79.9. The predicted molar refractivity (Wildman–Crippen MR) is 116 cm³/mol. The summed E-state index contributed by atoms with van der Waals surface area (Å²) in [5, 5.41) is 3.10. The van der Waals surface area contributed by atoms with E-state index in [0.717, 1.165) is 35.7 Å². The molecule has 1 aliphatic rings. The van der Waals surface area contributed by atoms with Gasteiger partial charge in [-0.2, -0.15) is 0 Å². The van der Waals surface area contributed by atoms with Gasteiger partial charge >= 0.3 is 0 Å². The van der Waals surface area contributed by atoms with Crippen molar-refractivity contribution in [3.8, 4) is 5.75 Å². The van der Waals surface area contributed by atoms with Gasteiger partial charge in [-0.15, -0.1) is 0 Å². The minimum absolute atomic E-state index is 0.107. The van der Waals surface area contributed by atoms with Gasteiger partial charge in [0.15, 0.2) is 6.61 Å². The van der Waals surface area contributed by atoms with Crippen LogP contribution in [-0.2, 0) is 16.1 Å². The van der Waals surface area contributed by atoms with Gasteiger partial charge in [0.05, 0.1) is 0 Å². The third kappa shape index (κ3) is 6.32. The van der Waals surface area contributed by atoms with E-state index in [0.29, 0.717) is 12.3 Å². The largest absolute Gasteiger partial charge is 0.484 e. The Kier molecular flexibility index (Phi) is 7.69. The maximum absolute atomic E-state index is 13.0. The third-order valence-corrected chi connectivity index (χ3v) is 5.77. The summed E-state index contributed by atoms with van der Waals surface area (Å²) in [5.41, 5.74) is 0.977. The van der Waals surface area contributed by atoms with Crippen LogP contribution in [0.1, 0.15) is 38.2 Å². The standard InChI is InChI=1S/C23H27BrN2O3/c1-17(23(28)25-20-9-5-6-10-20)26(15-18-7-3-2-4-8-18)22(27)16-29-21-13-11-19(24)12-14-21/h2-4,7-8,11-14,17,20H,5-6,9-10,15-16H2,1H3,(H,25,28)/t17-/m1/s1. The fourth-order valence-electron chi connectivity index (χ4n) is 3.51. The fourth-order valence-corrected chi connectivity index (χ4v) is 3.78. The molecule has 0 radical (unpaired) electrons. The summed E-state index contributed by atoms with van der Waals surface area (Å²) in [4.78, 5) is 27.4. The molecule has 1 N–H and O–H groups in total. The first-order valence-corrected chi connectivity index (χ1v) is 10.8. The number of carbonyl (C=O) groups excluding carboxylic acids is 2. The number of rotatable bonds is 8. The molecule has 0 aromatic heterocycles. The number of hydrogen-bond acceptors (Lipinski definition) is 3. The quantitative estimate of drug-likeness (QED) is 0.641. The Labute approximate surface area is 180 Å². The molecule has 1 fully saturated rings. The predicted octanol–water partition coefficient (Wildman–Crippen LogP) is 4.30. The summed E-state index contributed by atoms with van der Waals surface area (Å²) in [6, 6.07) is 16.7. The lowest BCUT2D eigenvalue weighted by atomic mass is 10.1. The van der Waals surface area contributed by atoms with Crippen molar-refractivity contribution in [3.63, 3.8) is 0 Å². The van der Waals surface area contributed by atoms with E-state index in [4.69, 9.17) is 4.74 Å². The van der Waals surface area contributed by atoms with Crippen LogP contribution in [-0.4, -0.2) is 35.4 Å². The second-order valence-corrected chi connectivity index (χ2v) is 8.33. The zero-order valence-electron chi connectivity index (χ0n) is 16.6. The topological polar surface area (TPSA) is 58.6 Å². The van der Waals surface area contributed by atoms with Crippen molar-refractivity contribution in [2.24, 2.45) is 0 Å². The van der Waals surface area contributed by atoms with Crippen molar-refractivity contribution in [3.05, 3.63) is 64.6 Å².